The second kappa shape index (κ2) is 4.88. The van der Waals surface area contributed by atoms with Crippen LogP contribution in [0, 0.1) is 12.8 Å². The third-order valence-electron chi connectivity index (χ3n) is 3.52. The van der Waals surface area contributed by atoms with Gasteiger partial charge in [0.15, 0.2) is 0 Å². The smallest absolute Gasteiger partial charge is 0.253 e. The van der Waals surface area contributed by atoms with E-state index in [4.69, 9.17) is 5.73 Å². The second-order valence-electron chi connectivity index (χ2n) is 5.03. The van der Waals surface area contributed by atoms with Gasteiger partial charge in [-0.05, 0) is 38.3 Å². The standard InChI is InChI=1S/C14H20N2O/c1-10-4-3-5-12(8-10)14(17)16-7-6-13(9-16)11(2)15/h3-5,8,11,13H,6-7,9,15H2,1-2H3. The molecule has 2 N–H and O–H groups in total. The number of carbonyl (C=O) groups excluding carboxylic acids is 1. The first-order valence-electron chi connectivity index (χ1n) is 6.19. The first kappa shape index (κ1) is 12.1. The number of carbonyl (C=O) groups is 1. The van der Waals surface area contributed by atoms with Crippen LogP contribution in [-0.2, 0) is 0 Å². The largest absolute Gasteiger partial charge is 0.338 e. The maximum Gasteiger partial charge on any atom is 0.253 e. The van der Waals surface area contributed by atoms with Crippen LogP contribution in [-0.4, -0.2) is 29.9 Å². The van der Waals surface area contributed by atoms with E-state index in [1.165, 1.54) is 0 Å². The number of aryl methyl sites for hydroxylation is 1. The molecule has 1 amide bonds. The number of nitrogens with two attached hydrogens (primary N) is 1. The monoisotopic (exact) mass is 232 g/mol. The van der Waals surface area contributed by atoms with Crippen LogP contribution in [0.5, 0.6) is 0 Å². The molecule has 1 aromatic rings. The zero-order valence-electron chi connectivity index (χ0n) is 10.5. The lowest BCUT2D eigenvalue weighted by atomic mass is 10.0. The van der Waals surface area contributed by atoms with Crippen molar-refractivity contribution >= 4 is 5.91 Å². The van der Waals surface area contributed by atoms with Crippen molar-refractivity contribution in [3.05, 3.63) is 35.4 Å². The second-order valence-corrected chi connectivity index (χ2v) is 5.03. The molecular weight excluding hydrogens is 212 g/mol. The highest BCUT2D eigenvalue weighted by Gasteiger charge is 2.28. The van der Waals surface area contributed by atoms with Gasteiger partial charge in [0.1, 0.15) is 0 Å². The van der Waals surface area contributed by atoms with Crippen LogP contribution in [0.3, 0.4) is 0 Å². The van der Waals surface area contributed by atoms with Gasteiger partial charge in [-0.3, -0.25) is 4.79 Å². The highest BCUT2D eigenvalue weighted by atomic mass is 16.2. The van der Waals surface area contributed by atoms with Crippen LogP contribution < -0.4 is 5.73 Å². The summed E-state index contributed by atoms with van der Waals surface area (Å²) in [6.07, 6.45) is 1.02. The fraction of sp³-hybridized carbons (Fsp3) is 0.500. The summed E-state index contributed by atoms with van der Waals surface area (Å²) in [7, 11) is 0. The number of hydrogen-bond acceptors (Lipinski definition) is 2. The van der Waals surface area contributed by atoms with E-state index in [2.05, 4.69) is 0 Å². The van der Waals surface area contributed by atoms with Crippen molar-refractivity contribution in [1.29, 1.82) is 0 Å². The molecule has 1 aliphatic heterocycles. The van der Waals surface area contributed by atoms with Gasteiger partial charge in [0.25, 0.3) is 5.91 Å². The number of rotatable bonds is 2. The lowest BCUT2D eigenvalue weighted by Crippen LogP contribution is -2.33. The van der Waals surface area contributed by atoms with Crippen molar-refractivity contribution in [2.75, 3.05) is 13.1 Å². The van der Waals surface area contributed by atoms with E-state index < -0.39 is 0 Å². The summed E-state index contributed by atoms with van der Waals surface area (Å²) in [5.74, 6) is 0.584. The Morgan fingerprint density at radius 2 is 2.29 bits per heavy atom. The molecule has 2 rings (SSSR count). The molecule has 2 unspecified atom stereocenters. The summed E-state index contributed by atoms with van der Waals surface area (Å²) < 4.78 is 0. The summed E-state index contributed by atoms with van der Waals surface area (Å²) in [6, 6.07) is 7.94. The first-order valence-corrected chi connectivity index (χ1v) is 6.19. The van der Waals surface area contributed by atoms with Gasteiger partial charge in [-0.15, -0.1) is 0 Å². The Kier molecular flexibility index (Phi) is 3.48. The van der Waals surface area contributed by atoms with Gasteiger partial charge < -0.3 is 10.6 Å². The predicted octanol–water partition coefficient (Wildman–Crippen LogP) is 1.80. The zero-order valence-corrected chi connectivity index (χ0v) is 10.5. The minimum atomic E-state index is 0.136. The molecule has 3 nitrogen and oxygen atoms in total. The summed E-state index contributed by atoms with van der Waals surface area (Å²) in [4.78, 5) is 14.2. The minimum absolute atomic E-state index is 0.136. The normalized spacial score (nSPS) is 21.6. The highest BCUT2D eigenvalue weighted by molar-refractivity contribution is 5.94. The summed E-state index contributed by atoms with van der Waals surface area (Å²) in [5.41, 5.74) is 7.80. The Bertz CT molecular complexity index is 414. The van der Waals surface area contributed by atoms with Crippen molar-refractivity contribution in [1.82, 2.24) is 4.90 Å². The van der Waals surface area contributed by atoms with Gasteiger partial charge in [0.2, 0.25) is 0 Å². The number of nitrogens with zero attached hydrogens (tertiary/aromatic N) is 1. The Morgan fingerprint density at radius 1 is 1.53 bits per heavy atom. The average molecular weight is 232 g/mol. The quantitative estimate of drug-likeness (QED) is 0.845. The van der Waals surface area contributed by atoms with Gasteiger partial charge in [-0.25, -0.2) is 0 Å². The molecular formula is C14H20N2O. The Labute approximate surface area is 103 Å². The topological polar surface area (TPSA) is 46.3 Å². The maximum absolute atomic E-state index is 12.3. The van der Waals surface area contributed by atoms with Crippen molar-refractivity contribution < 1.29 is 4.79 Å². The van der Waals surface area contributed by atoms with Gasteiger partial charge in [0, 0.05) is 24.7 Å². The molecule has 0 aromatic heterocycles. The highest BCUT2D eigenvalue weighted by Crippen LogP contribution is 2.20. The van der Waals surface area contributed by atoms with Gasteiger partial charge in [-0.2, -0.15) is 0 Å². The molecule has 3 heteroatoms. The van der Waals surface area contributed by atoms with E-state index in [1.807, 2.05) is 43.0 Å². The molecule has 1 heterocycles. The lowest BCUT2D eigenvalue weighted by molar-refractivity contribution is 0.0786. The van der Waals surface area contributed by atoms with Crippen LogP contribution >= 0.6 is 0 Å². The molecule has 1 fully saturated rings. The van der Waals surface area contributed by atoms with Crippen molar-refractivity contribution in [3.63, 3.8) is 0 Å². The van der Waals surface area contributed by atoms with Crippen molar-refractivity contribution in [2.24, 2.45) is 11.7 Å². The SMILES string of the molecule is Cc1cccc(C(=O)N2CCC(C(C)N)C2)c1. The summed E-state index contributed by atoms with van der Waals surface area (Å²) in [6.45, 7) is 5.65. The molecule has 1 aliphatic rings. The van der Waals surface area contributed by atoms with Gasteiger partial charge >= 0.3 is 0 Å². The predicted molar refractivity (Wildman–Crippen MR) is 68.8 cm³/mol. The lowest BCUT2D eigenvalue weighted by Gasteiger charge is -2.18. The molecule has 0 radical (unpaired) electrons. The minimum Gasteiger partial charge on any atom is -0.338 e. The number of benzene rings is 1. The van der Waals surface area contributed by atoms with Crippen LogP contribution in [0.2, 0.25) is 0 Å². The average Bonchev–Trinajstić information content (AvgIpc) is 2.77. The third kappa shape index (κ3) is 2.67. The van der Waals surface area contributed by atoms with Gasteiger partial charge in [-0.1, -0.05) is 17.7 Å². The molecule has 0 spiro atoms. The summed E-state index contributed by atoms with van der Waals surface area (Å²) >= 11 is 0. The molecule has 1 aromatic carbocycles. The number of amides is 1. The third-order valence-corrected chi connectivity index (χ3v) is 3.52. The molecule has 17 heavy (non-hydrogen) atoms. The molecule has 2 atom stereocenters. The first-order chi connectivity index (χ1) is 8.08. The maximum atomic E-state index is 12.3. The molecule has 0 saturated carbocycles. The van der Waals surface area contributed by atoms with E-state index in [0.717, 1.165) is 30.6 Å². The van der Waals surface area contributed by atoms with Crippen molar-refractivity contribution in [3.8, 4) is 0 Å². The van der Waals surface area contributed by atoms with Crippen LogP contribution in [0.15, 0.2) is 24.3 Å². The van der Waals surface area contributed by atoms with Crippen LogP contribution in [0.25, 0.3) is 0 Å². The molecule has 0 bridgehead atoms. The van der Waals surface area contributed by atoms with E-state index >= 15 is 0 Å². The number of likely N-dealkylation sites (tertiary alicyclic amines) is 1. The fourth-order valence-corrected chi connectivity index (χ4v) is 2.36. The summed E-state index contributed by atoms with van der Waals surface area (Å²) in [5, 5.41) is 0. The Hall–Kier alpha value is -1.35. The Balaban J connectivity index is 2.07. The number of hydrogen-bond donors (Lipinski definition) is 1. The van der Waals surface area contributed by atoms with Gasteiger partial charge in [0.05, 0.1) is 0 Å². The Morgan fingerprint density at radius 3 is 2.88 bits per heavy atom. The van der Waals surface area contributed by atoms with E-state index in [-0.39, 0.29) is 11.9 Å². The molecule has 1 saturated heterocycles. The fourth-order valence-electron chi connectivity index (χ4n) is 2.36. The zero-order chi connectivity index (χ0) is 12.4. The van der Waals surface area contributed by atoms with E-state index in [0.29, 0.717) is 5.92 Å². The van der Waals surface area contributed by atoms with Crippen LogP contribution in [0.1, 0.15) is 29.3 Å². The van der Waals surface area contributed by atoms with E-state index in [1.54, 1.807) is 0 Å². The van der Waals surface area contributed by atoms with Crippen molar-refractivity contribution in [2.45, 2.75) is 26.3 Å². The molecule has 0 aliphatic carbocycles. The molecule has 92 valence electrons. The van der Waals surface area contributed by atoms with E-state index in [9.17, 15) is 4.79 Å². The van der Waals surface area contributed by atoms with Crippen LogP contribution in [0.4, 0.5) is 0 Å².